The van der Waals surface area contributed by atoms with Crippen molar-refractivity contribution in [1.29, 1.82) is 0 Å². The fourth-order valence-corrected chi connectivity index (χ4v) is 12.1. The first-order valence-electron chi connectivity index (χ1n) is 27.1. The largest absolute Gasteiger partial charge is 0.455 e. The molecular weight excluding hydrogens is 957 g/mol. The number of furan rings is 1. The Bertz CT molecular complexity index is 4720. The molecule has 3 nitrogen and oxygen atoms in total. The van der Waals surface area contributed by atoms with Crippen LogP contribution in [0.2, 0.25) is 0 Å². The average molecular weight is 1010 g/mol. The summed E-state index contributed by atoms with van der Waals surface area (Å²) >= 11 is 0. The lowest BCUT2D eigenvalue weighted by molar-refractivity contribution is 0.670. The van der Waals surface area contributed by atoms with Crippen LogP contribution in [0.5, 0.6) is 0 Å². The molecule has 0 N–H and O–H groups in total. The zero-order valence-electron chi connectivity index (χ0n) is 43.2. The molecule has 13 aromatic carbocycles. The molecule has 0 bridgehead atoms. The molecule has 0 amide bonds. The molecule has 0 atom stereocenters. The Morgan fingerprint density at radius 3 is 1.34 bits per heavy atom. The van der Waals surface area contributed by atoms with Gasteiger partial charge in [-0.25, -0.2) is 0 Å². The van der Waals surface area contributed by atoms with Gasteiger partial charge in [-0.05, 0) is 127 Å². The molecule has 0 aliphatic carbocycles. The molecule has 0 aliphatic rings. The molecule has 0 saturated carbocycles. The van der Waals surface area contributed by atoms with Crippen LogP contribution in [0.25, 0.3) is 127 Å². The highest BCUT2D eigenvalue weighted by Crippen LogP contribution is 2.46. The molecule has 2 heterocycles. The Hall–Kier alpha value is -10.5. The van der Waals surface area contributed by atoms with E-state index in [-0.39, 0.29) is 0 Å². The average Bonchev–Trinajstić information content (AvgIpc) is 4.32. The molecule has 0 spiro atoms. The molecule has 2 aromatic heterocycles. The molecule has 0 aliphatic heterocycles. The van der Waals surface area contributed by atoms with Crippen LogP contribution in [0.15, 0.2) is 308 Å². The molecule has 15 aromatic rings. The second-order valence-electron chi connectivity index (χ2n) is 20.3. The van der Waals surface area contributed by atoms with Crippen molar-refractivity contribution in [1.82, 2.24) is 4.57 Å². The smallest absolute Gasteiger partial charge is 0.143 e. The van der Waals surface area contributed by atoms with Crippen LogP contribution in [0.1, 0.15) is 0 Å². The van der Waals surface area contributed by atoms with Gasteiger partial charge in [0.1, 0.15) is 11.2 Å². The van der Waals surface area contributed by atoms with E-state index < -0.39 is 0 Å². The van der Waals surface area contributed by atoms with E-state index in [0.29, 0.717) is 0 Å². The lowest BCUT2D eigenvalue weighted by atomic mass is 9.92. The second kappa shape index (κ2) is 19.3. The number of para-hydroxylation sites is 3. The number of hydrogen-bond acceptors (Lipinski definition) is 2. The minimum Gasteiger partial charge on any atom is -0.455 e. The Balaban J connectivity index is 0.795. The van der Waals surface area contributed by atoms with Crippen LogP contribution in [-0.2, 0) is 0 Å². The van der Waals surface area contributed by atoms with Crippen molar-refractivity contribution >= 4 is 71.6 Å². The van der Waals surface area contributed by atoms with Crippen LogP contribution in [0, 0.1) is 0 Å². The van der Waals surface area contributed by atoms with E-state index in [9.17, 15) is 0 Å². The van der Waals surface area contributed by atoms with Crippen LogP contribution in [-0.4, -0.2) is 4.57 Å². The number of nitrogens with zero attached hydrogens (tertiary/aromatic N) is 2. The van der Waals surface area contributed by atoms with E-state index in [4.69, 9.17) is 4.42 Å². The van der Waals surface area contributed by atoms with Crippen molar-refractivity contribution in [3.63, 3.8) is 0 Å². The SMILES string of the molecule is c1ccc(-c2ccc(N(c3ccc(-c4ccc(-c5ccccc5-n5c6cccc(-c7ccccc7)c6c6c(-c7cccc8ccccc78)cccc65)cc4)cc3)c3ccc(-c4cccc5c4oc4ccccc45)cc3)cc2)cc1. The molecule has 15 rings (SSSR count). The predicted molar refractivity (Wildman–Crippen MR) is 333 cm³/mol. The van der Waals surface area contributed by atoms with Gasteiger partial charge in [-0.15, -0.1) is 0 Å². The van der Waals surface area contributed by atoms with Crippen molar-refractivity contribution in [2.24, 2.45) is 0 Å². The Kier molecular flexibility index (Phi) is 11.2. The highest BCUT2D eigenvalue weighted by molar-refractivity contribution is 6.22. The van der Waals surface area contributed by atoms with E-state index in [2.05, 4.69) is 301 Å². The molecule has 0 unspecified atom stereocenters. The molecule has 79 heavy (non-hydrogen) atoms. The number of fused-ring (bicyclic) bond motifs is 7. The minimum atomic E-state index is 0.900. The molecule has 0 saturated heterocycles. The summed E-state index contributed by atoms with van der Waals surface area (Å²) in [5.74, 6) is 0. The number of rotatable bonds is 10. The van der Waals surface area contributed by atoms with E-state index >= 15 is 0 Å². The maximum Gasteiger partial charge on any atom is 0.143 e. The van der Waals surface area contributed by atoms with Gasteiger partial charge in [0.25, 0.3) is 0 Å². The van der Waals surface area contributed by atoms with Crippen LogP contribution >= 0.6 is 0 Å². The summed E-state index contributed by atoms with van der Waals surface area (Å²) in [5, 5.41) is 7.23. The molecular formula is C76H50N2O. The lowest BCUT2D eigenvalue weighted by Gasteiger charge is -2.26. The summed E-state index contributed by atoms with van der Waals surface area (Å²) in [7, 11) is 0. The normalized spacial score (nSPS) is 11.5. The summed E-state index contributed by atoms with van der Waals surface area (Å²) in [6.07, 6.45) is 0. The fourth-order valence-electron chi connectivity index (χ4n) is 12.1. The summed E-state index contributed by atoms with van der Waals surface area (Å²) in [4.78, 5) is 2.34. The number of benzene rings is 13. The van der Waals surface area contributed by atoms with Gasteiger partial charge in [0, 0.05) is 49.7 Å². The van der Waals surface area contributed by atoms with Gasteiger partial charge in [0.2, 0.25) is 0 Å². The van der Waals surface area contributed by atoms with Gasteiger partial charge in [0.05, 0.1) is 16.7 Å². The van der Waals surface area contributed by atoms with Crippen molar-refractivity contribution in [3.8, 4) is 72.4 Å². The Labute approximate surface area is 458 Å². The molecule has 0 radical (unpaired) electrons. The first kappa shape index (κ1) is 45.9. The van der Waals surface area contributed by atoms with E-state index in [1.54, 1.807) is 0 Å². The number of aromatic nitrogens is 1. The van der Waals surface area contributed by atoms with Gasteiger partial charge >= 0.3 is 0 Å². The summed E-state index contributed by atoms with van der Waals surface area (Å²) in [5.41, 5.74) is 22.5. The van der Waals surface area contributed by atoms with Gasteiger partial charge in [-0.1, -0.05) is 243 Å². The zero-order valence-corrected chi connectivity index (χ0v) is 43.2. The monoisotopic (exact) mass is 1010 g/mol. The highest BCUT2D eigenvalue weighted by Gasteiger charge is 2.23. The van der Waals surface area contributed by atoms with Gasteiger partial charge in [0.15, 0.2) is 0 Å². The summed E-state index contributed by atoms with van der Waals surface area (Å²) in [6.45, 7) is 0. The summed E-state index contributed by atoms with van der Waals surface area (Å²) < 4.78 is 8.95. The van der Waals surface area contributed by atoms with Crippen molar-refractivity contribution in [2.45, 2.75) is 0 Å². The quantitative estimate of drug-likeness (QED) is 0.136. The number of anilines is 3. The van der Waals surface area contributed by atoms with Crippen molar-refractivity contribution < 1.29 is 4.42 Å². The first-order chi connectivity index (χ1) is 39.2. The van der Waals surface area contributed by atoms with Crippen LogP contribution < -0.4 is 4.90 Å². The maximum absolute atomic E-state index is 6.46. The standard InChI is InChI=1S/C76H50N2O/c1-3-17-51(18-4-1)53-39-45-59(46-40-53)77(61-49-43-58(44-50-61)65-27-14-30-69-67-25-10-12-34-73(67)79-76(65)69)60-47-41-54(42-48-60)52-35-37-57(38-36-52)63-24-9-11-31-70(63)78-71-32-15-26-64(56-19-5-2-6-20-56)74(71)75-68(29-16-33-72(75)78)66-28-13-22-55-21-7-8-23-62(55)66/h1-50H. The van der Waals surface area contributed by atoms with Gasteiger partial charge in [-0.2, -0.15) is 0 Å². The van der Waals surface area contributed by atoms with Crippen molar-refractivity contribution in [2.75, 3.05) is 4.90 Å². The van der Waals surface area contributed by atoms with Crippen molar-refractivity contribution in [3.05, 3.63) is 303 Å². The van der Waals surface area contributed by atoms with Crippen LogP contribution in [0.4, 0.5) is 17.1 Å². The highest BCUT2D eigenvalue weighted by atomic mass is 16.3. The number of hydrogen-bond donors (Lipinski definition) is 0. The second-order valence-corrected chi connectivity index (χ2v) is 20.3. The first-order valence-corrected chi connectivity index (χ1v) is 27.1. The molecule has 0 fully saturated rings. The third-order valence-corrected chi connectivity index (χ3v) is 15.9. The Morgan fingerprint density at radius 2 is 0.658 bits per heavy atom. The molecule has 3 heteroatoms. The zero-order chi connectivity index (χ0) is 52.2. The third-order valence-electron chi connectivity index (χ3n) is 15.9. The Morgan fingerprint density at radius 1 is 0.253 bits per heavy atom. The van der Waals surface area contributed by atoms with Gasteiger partial charge in [-0.3, -0.25) is 0 Å². The topological polar surface area (TPSA) is 21.3 Å². The van der Waals surface area contributed by atoms with Gasteiger partial charge < -0.3 is 13.9 Å². The molecule has 370 valence electrons. The van der Waals surface area contributed by atoms with E-state index in [1.807, 2.05) is 12.1 Å². The maximum atomic E-state index is 6.46. The minimum absolute atomic E-state index is 0.900. The van der Waals surface area contributed by atoms with Crippen LogP contribution in [0.3, 0.4) is 0 Å². The van der Waals surface area contributed by atoms with E-state index in [1.165, 1.54) is 66.0 Å². The lowest BCUT2D eigenvalue weighted by Crippen LogP contribution is -2.09. The summed E-state index contributed by atoms with van der Waals surface area (Å²) in [6, 6.07) is 110. The third kappa shape index (κ3) is 7.99. The predicted octanol–water partition coefficient (Wildman–Crippen LogP) is 21.3. The fraction of sp³-hybridized carbons (Fsp3) is 0. The van der Waals surface area contributed by atoms with E-state index in [0.717, 1.165) is 78.1 Å².